The molecule has 8 aromatic carbocycles. The molecule has 8 heteroatoms. The third-order valence-corrected chi connectivity index (χ3v) is 14.3. The van der Waals surface area contributed by atoms with Gasteiger partial charge in [-0.3, -0.25) is 0 Å². The number of para-hydroxylation sites is 4. The fourth-order valence-electron chi connectivity index (χ4n) is 10.9. The molecule has 1 aliphatic rings. The highest BCUT2D eigenvalue weighted by molar-refractivity contribution is 6.28. The maximum absolute atomic E-state index is 5.12. The molecule has 1 unspecified atom stereocenters. The molecule has 0 saturated heterocycles. The van der Waals surface area contributed by atoms with Crippen molar-refractivity contribution in [1.29, 1.82) is 0 Å². The van der Waals surface area contributed by atoms with Crippen LogP contribution in [0.2, 0.25) is 0 Å². The monoisotopic (exact) mass is 948 g/mol. The summed E-state index contributed by atoms with van der Waals surface area (Å²) in [5.41, 5.74) is 20.1. The Morgan fingerprint density at radius 1 is 0.392 bits per heavy atom. The minimum absolute atomic E-state index is 0.0542. The van der Waals surface area contributed by atoms with Crippen molar-refractivity contribution in [2.75, 3.05) is 0 Å². The summed E-state index contributed by atoms with van der Waals surface area (Å²) in [5, 5.41) is 8.49. The van der Waals surface area contributed by atoms with Gasteiger partial charge >= 0.3 is 0 Å². The summed E-state index contributed by atoms with van der Waals surface area (Å²) in [6.07, 6.45) is 16.8. The molecule has 13 aromatic rings. The molecule has 0 amide bonds. The molecule has 14 rings (SSSR count). The van der Waals surface area contributed by atoms with Crippen molar-refractivity contribution in [2.24, 2.45) is 0 Å². The van der Waals surface area contributed by atoms with Crippen molar-refractivity contribution in [3.63, 3.8) is 0 Å². The quantitative estimate of drug-likeness (QED) is 0.155. The fraction of sp³-hybridized carbons (Fsp3) is 0.0152. The Morgan fingerprint density at radius 2 is 0.919 bits per heavy atom. The third kappa shape index (κ3) is 7.43. The summed E-state index contributed by atoms with van der Waals surface area (Å²) in [6.45, 7) is 0. The van der Waals surface area contributed by atoms with E-state index in [2.05, 4.69) is 241 Å². The van der Waals surface area contributed by atoms with E-state index in [1.165, 1.54) is 21.5 Å². The summed E-state index contributed by atoms with van der Waals surface area (Å²) < 4.78 is 4.93. The van der Waals surface area contributed by atoms with E-state index in [1.807, 2.05) is 24.5 Å². The van der Waals surface area contributed by atoms with Gasteiger partial charge in [0.25, 0.3) is 0 Å². The lowest BCUT2D eigenvalue weighted by atomic mass is 9.89. The second-order valence-corrected chi connectivity index (χ2v) is 18.7. The Bertz CT molecular complexity index is 4330. The molecule has 0 radical (unpaired) electrons. The summed E-state index contributed by atoms with van der Waals surface area (Å²) in [7, 11) is 0. The number of hydrogen-bond donors (Lipinski definition) is 1. The van der Waals surface area contributed by atoms with Crippen LogP contribution in [-0.2, 0) is 0 Å². The van der Waals surface area contributed by atoms with Crippen LogP contribution in [0.5, 0.6) is 0 Å². The van der Waals surface area contributed by atoms with Gasteiger partial charge in [0.15, 0.2) is 0 Å². The number of pyridine rings is 1. The van der Waals surface area contributed by atoms with E-state index in [4.69, 9.17) is 4.98 Å². The molecule has 74 heavy (non-hydrogen) atoms. The fourth-order valence-corrected chi connectivity index (χ4v) is 10.9. The number of allylic oxidation sites excluding steroid dienone is 2. The van der Waals surface area contributed by atoms with Gasteiger partial charge in [-0.05, 0) is 130 Å². The van der Waals surface area contributed by atoms with Crippen molar-refractivity contribution in [3.8, 4) is 67.3 Å². The zero-order valence-corrected chi connectivity index (χ0v) is 40.0. The number of hydrogen-bond acceptors (Lipinski definition) is 6. The lowest BCUT2D eigenvalue weighted by Crippen LogP contribution is -2.20. The Balaban J connectivity index is 1.03. The summed E-state index contributed by atoms with van der Waals surface area (Å²) in [6, 6.07) is 72.5. The standard InChI is InChI=1S/C66H44N8/c1-3-19-52(20-4-1)73-62-29-9-7-23-54(62)57-36-56(64-55-24-8-10-30-63(55)74(66(64)65(57)73)53-21-5-2-6-22-53)49-34-47(43-15-11-17-45(31-43)58-25-13-27-60(71-58)50-37-67-41-68-38-50)33-48(35-49)44-16-12-18-46(32-44)59-26-14-28-61(72-59)51-39-69-42-70-40-51/h1-42,60,71H. The van der Waals surface area contributed by atoms with E-state index in [-0.39, 0.29) is 6.04 Å². The van der Waals surface area contributed by atoms with Crippen LogP contribution in [0.1, 0.15) is 17.2 Å². The second kappa shape index (κ2) is 18.0. The van der Waals surface area contributed by atoms with Crippen LogP contribution in [0.4, 0.5) is 0 Å². The van der Waals surface area contributed by atoms with E-state index in [9.17, 15) is 0 Å². The molecule has 6 heterocycles. The molecule has 0 aliphatic carbocycles. The third-order valence-electron chi connectivity index (χ3n) is 14.3. The van der Waals surface area contributed by atoms with Crippen LogP contribution in [0.3, 0.4) is 0 Å². The molecule has 0 bridgehead atoms. The number of benzene rings is 8. The maximum atomic E-state index is 5.12. The van der Waals surface area contributed by atoms with Crippen molar-refractivity contribution in [3.05, 3.63) is 267 Å². The van der Waals surface area contributed by atoms with Crippen LogP contribution < -0.4 is 5.32 Å². The van der Waals surface area contributed by atoms with E-state index in [1.54, 1.807) is 25.0 Å². The first kappa shape index (κ1) is 42.8. The zero-order chi connectivity index (χ0) is 49.0. The lowest BCUT2D eigenvalue weighted by molar-refractivity contribution is 0.753. The molecule has 0 saturated carbocycles. The predicted molar refractivity (Wildman–Crippen MR) is 301 cm³/mol. The van der Waals surface area contributed by atoms with Crippen LogP contribution in [0.25, 0.3) is 117 Å². The van der Waals surface area contributed by atoms with Crippen molar-refractivity contribution in [1.82, 2.24) is 39.4 Å². The molecular formula is C66H44N8. The van der Waals surface area contributed by atoms with Gasteiger partial charge in [0.1, 0.15) is 12.7 Å². The van der Waals surface area contributed by atoms with Crippen LogP contribution >= 0.6 is 0 Å². The Labute approximate surface area is 427 Å². The summed E-state index contributed by atoms with van der Waals surface area (Å²) in [5.74, 6) is 0. The van der Waals surface area contributed by atoms with E-state index >= 15 is 0 Å². The Hall–Kier alpha value is -10.1. The molecular weight excluding hydrogens is 905 g/mol. The highest BCUT2D eigenvalue weighted by atomic mass is 15.0. The highest BCUT2D eigenvalue weighted by Gasteiger charge is 2.25. The zero-order valence-electron chi connectivity index (χ0n) is 40.0. The summed E-state index contributed by atoms with van der Waals surface area (Å²) >= 11 is 0. The number of nitrogens with one attached hydrogen (secondary N) is 1. The maximum Gasteiger partial charge on any atom is 0.115 e. The SMILES string of the molecule is C1=CC(c2cncnc2)NC(c2cccc(-c3cc(-c4cccc(-c5cccc(-c6cncnc6)n5)c4)cc(-c4cc5c6ccccc6n(-c6ccccc6)c5c5c4c4ccccc4n5-c4ccccc4)c3)c2)=C1. The van der Waals surface area contributed by atoms with Gasteiger partial charge < -0.3 is 14.5 Å². The molecule has 348 valence electrons. The molecule has 1 aliphatic heterocycles. The van der Waals surface area contributed by atoms with E-state index in [0.29, 0.717) is 0 Å². The summed E-state index contributed by atoms with van der Waals surface area (Å²) in [4.78, 5) is 22.2. The van der Waals surface area contributed by atoms with Crippen LogP contribution in [0, 0.1) is 0 Å². The van der Waals surface area contributed by atoms with E-state index in [0.717, 1.165) is 106 Å². The predicted octanol–water partition coefficient (Wildman–Crippen LogP) is 15.4. The molecule has 0 spiro atoms. The first-order valence-corrected chi connectivity index (χ1v) is 24.8. The molecule has 5 aromatic heterocycles. The lowest BCUT2D eigenvalue weighted by Gasteiger charge is -2.22. The first-order chi connectivity index (χ1) is 36.7. The Morgan fingerprint density at radius 3 is 1.62 bits per heavy atom. The number of fused-ring (bicyclic) bond motifs is 7. The smallest absolute Gasteiger partial charge is 0.115 e. The van der Waals surface area contributed by atoms with Crippen molar-refractivity contribution >= 4 is 49.3 Å². The number of nitrogens with zero attached hydrogens (tertiary/aromatic N) is 7. The molecule has 8 nitrogen and oxygen atoms in total. The largest absolute Gasteiger partial charge is 0.374 e. The van der Waals surface area contributed by atoms with Crippen LogP contribution in [0.15, 0.2) is 256 Å². The van der Waals surface area contributed by atoms with Gasteiger partial charge in [0, 0.05) is 80.1 Å². The molecule has 0 fully saturated rings. The van der Waals surface area contributed by atoms with Crippen LogP contribution in [-0.4, -0.2) is 34.1 Å². The minimum atomic E-state index is -0.0542. The van der Waals surface area contributed by atoms with Gasteiger partial charge in [0.2, 0.25) is 0 Å². The minimum Gasteiger partial charge on any atom is -0.374 e. The molecule has 1 N–H and O–H groups in total. The second-order valence-electron chi connectivity index (χ2n) is 18.7. The number of dihydropyridines is 1. The average molecular weight is 949 g/mol. The highest BCUT2D eigenvalue weighted by Crippen LogP contribution is 2.48. The first-order valence-electron chi connectivity index (χ1n) is 24.8. The normalized spacial score (nSPS) is 13.4. The van der Waals surface area contributed by atoms with Gasteiger partial charge in [-0.25, -0.2) is 24.9 Å². The Kier molecular flexibility index (Phi) is 10.4. The average Bonchev–Trinajstić information content (AvgIpc) is 4.09. The van der Waals surface area contributed by atoms with Crippen molar-refractivity contribution in [2.45, 2.75) is 6.04 Å². The van der Waals surface area contributed by atoms with Gasteiger partial charge in [-0.2, -0.15) is 0 Å². The molecule has 1 atom stereocenters. The van der Waals surface area contributed by atoms with Gasteiger partial charge in [0.05, 0.1) is 39.5 Å². The number of rotatable bonds is 9. The number of aromatic nitrogens is 7. The topological polar surface area (TPSA) is 86.3 Å². The van der Waals surface area contributed by atoms with Crippen molar-refractivity contribution < 1.29 is 0 Å². The van der Waals surface area contributed by atoms with Gasteiger partial charge in [-0.1, -0.05) is 127 Å². The van der Waals surface area contributed by atoms with Gasteiger partial charge in [-0.15, -0.1) is 0 Å². The van der Waals surface area contributed by atoms with E-state index < -0.39 is 0 Å².